The van der Waals surface area contributed by atoms with E-state index < -0.39 is 0 Å². The van der Waals surface area contributed by atoms with Gasteiger partial charge in [0.1, 0.15) is 11.6 Å². The molecule has 2 atom stereocenters. The molecule has 1 aliphatic rings. The van der Waals surface area contributed by atoms with Crippen LogP contribution in [0.2, 0.25) is 0 Å². The van der Waals surface area contributed by atoms with Gasteiger partial charge in [-0.2, -0.15) is 0 Å². The first-order valence-corrected chi connectivity index (χ1v) is 6.86. The summed E-state index contributed by atoms with van der Waals surface area (Å²) in [7, 11) is 0. The van der Waals surface area contributed by atoms with Crippen molar-refractivity contribution in [2.75, 3.05) is 31.5 Å². The van der Waals surface area contributed by atoms with Crippen LogP contribution in [0, 0.1) is 5.82 Å². The van der Waals surface area contributed by atoms with Crippen molar-refractivity contribution in [3.63, 3.8) is 0 Å². The third-order valence-electron chi connectivity index (χ3n) is 3.18. The van der Waals surface area contributed by atoms with E-state index in [2.05, 4.69) is 29.0 Å². The number of nitrogens with zero attached hydrogens (tertiary/aromatic N) is 2. The van der Waals surface area contributed by atoms with E-state index in [0.29, 0.717) is 12.2 Å². The number of halogens is 1. The molecule has 1 aromatic heterocycles. The Morgan fingerprint density at radius 1 is 1.37 bits per heavy atom. The zero-order valence-corrected chi connectivity index (χ0v) is 11.6. The lowest BCUT2D eigenvalue weighted by Gasteiger charge is -2.35. The molecule has 1 saturated heterocycles. The molecule has 2 rings (SSSR count). The monoisotopic (exact) mass is 267 g/mol. The summed E-state index contributed by atoms with van der Waals surface area (Å²) in [5.74, 6) is 0.423. The first-order valence-electron chi connectivity index (χ1n) is 6.86. The van der Waals surface area contributed by atoms with Crippen LogP contribution in [0.5, 0.6) is 0 Å². The number of nitrogens with one attached hydrogen (secondary N) is 1. The molecule has 0 saturated carbocycles. The quantitative estimate of drug-likeness (QED) is 0.829. The summed E-state index contributed by atoms with van der Waals surface area (Å²) >= 11 is 0. The molecule has 0 bridgehead atoms. The SMILES string of the molecule is CC1CN(CCCNc2ccc(F)cn2)CC(C)O1. The van der Waals surface area contributed by atoms with Crippen LogP contribution in [0.1, 0.15) is 20.3 Å². The second-order valence-corrected chi connectivity index (χ2v) is 5.16. The molecule has 0 amide bonds. The van der Waals surface area contributed by atoms with E-state index in [-0.39, 0.29) is 5.82 Å². The summed E-state index contributed by atoms with van der Waals surface area (Å²) < 4.78 is 18.4. The Balaban J connectivity index is 1.65. The van der Waals surface area contributed by atoms with Crippen LogP contribution >= 0.6 is 0 Å². The number of morpholine rings is 1. The van der Waals surface area contributed by atoms with Gasteiger partial charge >= 0.3 is 0 Å². The minimum Gasteiger partial charge on any atom is -0.373 e. The van der Waals surface area contributed by atoms with Gasteiger partial charge in [0, 0.05) is 26.2 Å². The maximum atomic E-state index is 12.7. The van der Waals surface area contributed by atoms with Crippen molar-refractivity contribution in [1.82, 2.24) is 9.88 Å². The van der Waals surface area contributed by atoms with Crippen LogP contribution in [0.15, 0.2) is 18.3 Å². The summed E-state index contributed by atoms with van der Waals surface area (Å²) in [6.07, 6.45) is 2.90. The van der Waals surface area contributed by atoms with Crippen LogP contribution < -0.4 is 5.32 Å². The fourth-order valence-electron chi connectivity index (χ4n) is 2.47. The molecule has 0 spiro atoms. The predicted octanol–water partition coefficient (Wildman–Crippen LogP) is 2.13. The first kappa shape index (κ1) is 14.2. The van der Waals surface area contributed by atoms with Gasteiger partial charge in [0.05, 0.1) is 18.4 Å². The number of hydrogen-bond donors (Lipinski definition) is 1. The third kappa shape index (κ3) is 4.76. The highest BCUT2D eigenvalue weighted by molar-refractivity contribution is 5.33. The van der Waals surface area contributed by atoms with Crippen LogP contribution in [0.4, 0.5) is 10.2 Å². The van der Waals surface area contributed by atoms with E-state index in [4.69, 9.17) is 4.74 Å². The molecule has 2 heterocycles. The molecule has 2 unspecified atom stereocenters. The van der Waals surface area contributed by atoms with E-state index in [1.54, 1.807) is 6.07 Å². The van der Waals surface area contributed by atoms with Gasteiger partial charge in [-0.3, -0.25) is 4.90 Å². The van der Waals surface area contributed by atoms with E-state index in [9.17, 15) is 4.39 Å². The number of aromatic nitrogens is 1. The number of ether oxygens (including phenoxy) is 1. The van der Waals surface area contributed by atoms with E-state index in [1.165, 1.54) is 12.3 Å². The van der Waals surface area contributed by atoms with Gasteiger partial charge < -0.3 is 10.1 Å². The first-order chi connectivity index (χ1) is 9.13. The zero-order valence-electron chi connectivity index (χ0n) is 11.6. The van der Waals surface area contributed by atoms with Gasteiger partial charge in [-0.05, 0) is 32.4 Å². The highest BCUT2D eigenvalue weighted by atomic mass is 19.1. The highest BCUT2D eigenvalue weighted by Crippen LogP contribution is 2.11. The number of anilines is 1. The Morgan fingerprint density at radius 2 is 2.11 bits per heavy atom. The van der Waals surface area contributed by atoms with Gasteiger partial charge in [-0.15, -0.1) is 0 Å². The average molecular weight is 267 g/mol. The highest BCUT2D eigenvalue weighted by Gasteiger charge is 2.21. The molecule has 0 aromatic carbocycles. The third-order valence-corrected chi connectivity index (χ3v) is 3.18. The smallest absolute Gasteiger partial charge is 0.141 e. The van der Waals surface area contributed by atoms with E-state index in [1.807, 2.05) is 0 Å². The van der Waals surface area contributed by atoms with Crippen molar-refractivity contribution >= 4 is 5.82 Å². The summed E-state index contributed by atoms with van der Waals surface area (Å²) in [5, 5.41) is 3.20. The second kappa shape index (κ2) is 6.82. The molecule has 106 valence electrons. The molecule has 1 aliphatic heterocycles. The summed E-state index contributed by atoms with van der Waals surface area (Å²) in [5.41, 5.74) is 0. The fraction of sp³-hybridized carbons (Fsp3) is 0.643. The minimum absolute atomic E-state index is 0.304. The maximum Gasteiger partial charge on any atom is 0.141 e. The van der Waals surface area contributed by atoms with Crippen LogP contribution in [-0.4, -0.2) is 48.3 Å². The van der Waals surface area contributed by atoms with Crippen molar-refractivity contribution < 1.29 is 9.13 Å². The number of hydrogen-bond acceptors (Lipinski definition) is 4. The predicted molar refractivity (Wildman–Crippen MR) is 73.8 cm³/mol. The Morgan fingerprint density at radius 3 is 2.74 bits per heavy atom. The molecule has 0 aliphatic carbocycles. The molecule has 1 fully saturated rings. The minimum atomic E-state index is -0.304. The topological polar surface area (TPSA) is 37.4 Å². The standard InChI is InChI=1S/C14H22FN3O/c1-11-9-18(10-12(2)19-11)7-3-6-16-14-5-4-13(15)8-17-14/h4-5,8,11-12H,3,6-7,9-10H2,1-2H3,(H,16,17). The summed E-state index contributed by atoms with van der Waals surface area (Å²) in [6, 6.07) is 3.08. The summed E-state index contributed by atoms with van der Waals surface area (Å²) in [4.78, 5) is 6.40. The lowest BCUT2D eigenvalue weighted by Crippen LogP contribution is -2.45. The lowest BCUT2D eigenvalue weighted by atomic mass is 10.2. The molecule has 1 aromatic rings. The Hall–Kier alpha value is -1.20. The van der Waals surface area contributed by atoms with Gasteiger partial charge in [0.25, 0.3) is 0 Å². The van der Waals surface area contributed by atoms with Crippen molar-refractivity contribution in [3.8, 4) is 0 Å². The second-order valence-electron chi connectivity index (χ2n) is 5.16. The van der Waals surface area contributed by atoms with Crippen molar-refractivity contribution in [2.24, 2.45) is 0 Å². The molecule has 5 heteroatoms. The van der Waals surface area contributed by atoms with E-state index >= 15 is 0 Å². The van der Waals surface area contributed by atoms with Crippen molar-refractivity contribution in [2.45, 2.75) is 32.5 Å². The molecular weight excluding hydrogens is 245 g/mol. The van der Waals surface area contributed by atoms with Gasteiger partial charge in [-0.25, -0.2) is 9.37 Å². The van der Waals surface area contributed by atoms with Gasteiger partial charge in [0.2, 0.25) is 0 Å². The number of rotatable bonds is 5. The molecule has 4 nitrogen and oxygen atoms in total. The molecule has 0 radical (unpaired) electrons. The van der Waals surface area contributed by atoms with Gasteiger partial charge in [0.15, 0.2) is 0 Å². The Labute approximate surface area is 114 Å². The van der Waals surface area contributed by atoms with E-state index in [0.717, 1.165) is 38.4 Å². The van der Waals surface area contributed by atoms with Crippen LogP contribution in [-0.2, 0) is 4.74 Å². The Bertz CT molecular complexity index is 375. The van der Waals surface area contributed by atoms with Crippen molar-refractivity contribution in [1.29, 1.82) is 0 Å². The fourth-order valence-corrected chi connectivity index (χ4v) is 2.47. The van der Waals surface area contributed by atoms with Crippen molar-refractivity contribution in [3.05, 3.63) is 24.1 Å². The Kier molecular flexibility index (Phi) is 5.10. The van der Waals surface area contributed by atoms with Crippen LogP contribution in [0.25, 0.3) is 0 Å². The molecule has 19 heavy (non-hydrogen) atoms. The van der Waals surface area contributed by atoms with Gasteiger partial charge in [-0.1, -0.05) is 0 Å². The molecule has 1 N–H and O–H groups in total. The largest absolute Gasteiger partial charge is 0.373 e. The zero-order chi connectivity index (χ0) is 13.7. The summed E-state index contributed by atoms with van der Waals surface area (Å²) in [6.45, 7) is 8.12. The van der Waals surface area contributed by atoms with Crippen LogP contribution in [0.3, 0.4) is 0 Å². The normalized spacial score (nSPS) is 24.4. The maximum absolute atomic E-state index is 12.7. The molecular formula is C14H22FN3O. The number of pyridine rings is 1. The lowest BCUT2D eigenvalue weighted by molar-refractivity contribution is -0.0678. The average Bonchev–Trinajstić information content (AvgIpc) is 2.36.